The molecular formula is C11H14Cl2N2O. The first-order valence-corrected chi connectivity index (χ1v) is 6.02. The molecule has 88 valence electrons. The Morgan fingerprint density at radius 1 is 1.38 bits per heavy atom. The van der Waals surface area contributed by atoms with Gasteiger partial charge in [0.25, 0.3) is 0 Å². The summed E-state index contributed by atoms with van der Waals surface area (Å²) < 4.78 is 0. The van der Waals surface area contributed by atoms with Crippen molar-refractivity contribution in [1.82, 2.24) is 0 Å². The zero-order valence-electron chi connectivity index (χ0n) is 8.83. The van der Waals surface area contributed by atoms with E-state index in [2.05, 4.69) is 4.90 Å². The fourth-order valence-electron chi connectivity index (χ4n) is 2.01. The summed E-state index contributed by atoms with van der Waals surface area (Å²) in [5.74, 6) is 5.22. The van der Waals surface area contributed by atoms with E-state index in [0.29, 0.717) is 10.0 Å². The zero-order chi connectivity index (χ0) is 11.5. The van der Waals surface area contributed by atoms with Crippen molar-refractivity contribution in [2.45, 2.75) is 18.9 Å². The second-order valence-corrected chi connectivity index (χ2v) is 4.79. The van der Waals surface area contributed by atoms with Crippen LogP contribution in [-0.4, -0.2) is 19.2 Å². The van der Waals surface area contributed by atoms with Crippen LogP contribution in [0.1, 0.15) is 12.8 Å². The third-order valence-electron chi connectivity index (χ3n) is 2.82. The first kappa shape index (κ1) is 12.0. The molecule has 2 N–H and O–H groups in total. The van der Waals surface area contributed by atoms with Crippen LogP contribution in [-0.2, 0) is 4.84 Å². The van der Waals surface area contributed by atoms with Gasteiger partial charge in [0.1, 0.15) is 0 Å². The SMILES string of the molecule is NOC1CCCN(c2ccc(Cl)cc2Cl)C1. The molecule has 0 amide bonds. The minimum absolute atomic E-state index is 0.0838. The lowest BCUT2D eigenvalue weighted by Crippen LogP contribution is -2.40. The van der Waals surface area contributed by atoms with E-state index >= 15 is 0 Å². The largest absolute Gasteiger partial charge is 0.368 e. The average Bonchev–Trinajstić information content (AvgIpc) is 2.29. The summed E-state index contributed by atoms with van der Waals surface area (Å²) in [7, 11) is 0. The number of nitrogens with zero attached hydrogens (tertiary/aromatic N) is 1. The Morgan fingerprint density at radius 3 is 2.88 bits per heavy atom. The minimum Gasteiger partial charge on any atom is -0.368 e. The fraction of sp³-hybridized carbons (Fsp3) is 0.455. The molecule has 16 heavy (non-hydrogen) atoms. The number of hydrogen-bond donors (Lipinski definition) is 1. The topological polar surface area (TPSA) is 38.5 Å². The van der Waals surface area contributed by atoms with Crippen LogP contribution >= 0.6 is 23.2 Å². The summed E-state index contributed by atoms with van der Waals surface area (Å²) in [5.41, 5.74) is 0.993. The Kier molecular flexibility index (Phi) is 3.92. The first-order valence-electron chi connectivity index (χ1n) is 5.26. The van der Waals surface area contributed by atoms with Crippen LogP contribution in [0, 0.1) is 0 Å². The lowest BCUT2D eigenvalue weighted by molar-refractivity contribution is 0.0435. The smallest absolute Gasteiger partial charge is 0.0962 e. The van der Waals surface area contributed by atoms with Crippen molar-refractivity contribution in [3.63, 3.8) is 0 Å². The summed E-state index contributed by atoms with van der Waals surface area (Å²) >= 11 is 12.0. The van der Waals surface area contributed by atoms with E-state index in [1.165, 1.54) is 0 Å². The van der Waals surface area contributed by atoms with Crippen LogP contribution < -0.4 is 10.8 Å². The van der Waals surface area contributed by atoms with Gasteiger partial charge in [-0.15, -0.1) is 0 Å². The van der Waals surface area contributed by atoms with Gasteiger partial charge in [-0.1, -0.05) is 23.2 Å². The number of anilines is 1. The summed E-state index contributed by atoms with van der Waals surface area (Å²) in [4.78, 5) is 7.08. The highest BCUT2D eigenvalue weighted by molar-refractivity contribution is 6.36. The van der Waals surface area contributed by atoms with Crippen LogP contribution in [0.2, 0.25) is 10.0 Å². The monoisotopic (exact) mass is 260 g/mol. The average molecular weight is 261 g/mol. The number of benzene rings is 1. The second-order valence-electron chi connectivity index (χ2n) is 3.94. The quantitative estimate of drug-likeness (QED) is 0.832. The molecule has 1 heterocycles. The Balaban J connectivity index is 2.16. The molecule has 1 aliphatic heterocycles. The highest BCUT2D eigenvalue weighted by atomic mass is 35.5. The fourth-order valence-corrected chi connectivity index (χ4v) is 2.53. The molecule has 0 saturated carbocycles. The molecule has 5 heteroatoms. The molecular weight excluding hydrogens is 247 g/mol. The number of piperidine rings is 1. The Hall–Kier alpha value is -0.480. The van der Waals surface area contributed by atoms with Crippen molar-refractivity contribution in [3.8, 4) is 0 Å². The van der Waals surface area contributed by atoms with E-state index in [1.54, 1.807) is 6.07 Å². The van der Waals surface area contributed by atoms with E-state index in [-0.39, 0.29) is 6.10 Å². The van der Waals surface area contributed by atoms with Gasteiger partial charge in [0.05, 0.1) is 16.8 Å². The number of nitrogens with two attached hydrogens (primary N) is 1. The predicted octanol–water partition coefficient (Wildman–Crippen LogP) is 2.85. The Bertz CT molecular complexity index is 373. The Morgan fingerprint density at radius 2 is 2.19 bits per heavy atom. The van der Waals surface area contributed by atoms with Crippen LogP contribution in [0.25, 0.3) is 0 Å². The molecule has 0 aromatic heterocycles. The first-order chi connectivity index (χ1) is 7.70. The third-order valence-corrected chi connectivity index (χ3v) is 3.36. The molecule has 2 rings (SSSR count). The van der Waals surface area contributed by atoms with Gasteiger partial charge in [-0.2, -0.15) is 0 Å². The lowest BCUT2D eigenvalue weighted by Gasteiger charge is -2.33. The van der Waals surface area contributed by atoms with Crippen molar-refractivity contribution in [2.24, 2.45) is 5.90 Å². The van der Waals surface area contributed by atoms with Crippen molar-refractivity contribution >= 4 is 28.9 Å². The van der Waals surface area contributed by atoms with Gasteiger partial charge in [0.15, 0.2) is 0 Å². The van der Waals surface area contributed by atoms with Gasteiger partial charge in [-0.05, 0) is 31.0 Å². The van der Waals surface area contributed by atoms with Crippen molar-refractivity contribution in [1.29, 1.82) is 0 Å². The van der Waals surface area contributed by atoms with Gasteiger partial charge >= 0.3 is 0 Å². The van der Waals surface area contributed by atoms with Crippen LogP contribution in [0.15, 0.2) is 18.2 Å². The maximum atomic E-state index is 6.16. The van der Waals surface area contributed by atoms with Crippen LogP contribution in [0.5, 0.6) is 0 Å². The maximum absolute atomic E-state index is 6.16. The van der Waals surface area contributed by atoms with Crippen LogP contribution in [0.4, 0.5) is 5.69 Å². The molecule has 1 atom stereocenters. The molecule has 1 aromatic carbocycles. The summed E-state index contributed by atoms with van der Waals surface area (Å²) in [6.45, 7) is 1.75. The summed E-state index contributed by atoms with van der Waals surface area (Å²) in [6.07, 6.45) is 2.14. The Labute approximate surface area is 105 Å². The van der Waals surface area contributed by atoms with Crippen molar-refractivity contribution < 1.29 is 4.84 Å². The number of hydrogen-bond acceptors (Lipinski definition) is 3. The number of halogens is 2. The lowest BCUT2D eigenvalue weighted by atomic mass is 10.1. The highest BCUT2D eigenvalue weighted by Crippen LogP contribution is 2.30. The predicted molar refractivity (Wildman–Crippen MR) is 67.0 cm³/mol. The molecule has 0 bridgehead atoms. The molecule has 1 fully saturated rings. The standard InChI is InChI=1S/C11H14Cl2N2O/c12-8-3-4-11(10(13)6-8)15-5-1-2-9(7-15)16-14/h3-4,6,9H,1-2,5,7,14H2. The normalized spacial score (nSPS) is 21.2. The molecule has 1 aromatic rings. The highest BCUT2D eigenvalue weighted by Gasteiger charge is 2.21. The summed E-state index contributed by atoms with van der Waals surface area (Å²) in [5, 5.41) is 1.32. The second kappa shape index (κ2) is 5.23. The minimum atomic E-state index is 0.0838. The molecule has 0 radical (unpaired) electrons. The van der Waals surface area contributed by atoms with E-state index in [4.69, 9.17) is 33.9 Å². The zero-order valence-corrected chi connectivity index (χ0v) is 10.3. The molecule has 1 saturated heterocycles. The van der Waals surface area contributed by atoms with E-state index in [1.807, 2.05) is 12.1 Å². The molecule has 0 aliphatic carbocycles. The van der Waals surface area contributed by atoms with E-state index in [0.717, 1.165) is 31.6 Å². The van der Waals surface area contributed by atoms with Crippen LogP contribution in [0.3, 0.4) is 0 Å². The van der Waals surface area contributed by atoms with Crippen molar-refractivity contribution in [2.75, 3.05) is 18.0 Å². The van der Waals surface area contributed by atoms with Gasteiger partial charge in [-0.25, -0.2) is 5.90 Å². The molecule has 3 nitrogen and oxygen atoms in total. The van der Waals surface area contributed by atoms with Crippen molar-refractivity contribution in [3.05, 3.63) is 28.2 Å². The van der Waals surface area contributed by atoms with Gasteiger partial charge < -0.3 is 4.90 Å². The number of rotatable bonds is 2. The summed E-state index contributed by atoms with van der Waals surface area (Å²) in [6, 6.07) is 5.53. The van der Waals surface area contributed by atoms with E-state index < -0.39 is 0 Å². The van der Waals surface area contributed by atoms with E-state index in [9.17, 15) is 0 Å². The molecule has 0 spiro atoms. The maximum Gasteiger partial charge on any atom is 0.0962 e. The van der Waals surface area contributed by atoms with Gasteiger partial charge in [-0.3, -0.25) is 4.84 Å². The van der Waals surface area contributed by atoms with Gasteiger partial charge in [0, 0.05) is 18.1 Å². The molecule has 1 aliphatic rings. The van der Waals surface area contributed by atoms with Gasteiger partial charge in [0.2, 0.25) is 0 Å². The molecule has 1 unspecified atom stereocenters. The third kappa shape index (κ3) is 2.61.